The van der Waals surface area contributed by atoms with Crippen molar-refractivity contribution < 1.29 is 9.18 Å². The molecule has 0 spiro atoms. The lowest BCUT2D eigenvalue weighted by molar-refractivity contribution is 0.245. The summed E-state index contributed by atoms with van der Waals surface area (Å²) in [6.45, 7) is 2.53. The van der Waals surface area contributed by atoms with E-state index in [1.54, 1.807) is 41.6 Å². The van der Waals surface area contributed by atoms with Gasteiger partial charge in [0.15, 0.2) is 0 Å². The first-order valence-corrected chi connectivity index (χ1v) is 9.68. The van der Waals surface area contributed by atoms with Gasteiger partial charge in [-0.15, -0.1) is 5.10 Å². The van der Waals surface area contributed by atoms with Crippen LogP contribution in [-0.4, -0.2) is 32.6 Å². The Labute approximate surface area is 173 Å². The molecule has 0 saturated heterocycles. The van der Waals surface area contributed by atoms with E-state index in [2.05, 4.69) is 15.3 Å². The van der Waals surface area contributed by atoms with Crippen LogP contribution >= 0.6 is 0 Å². The van der Waals surface area contributed by atoms with Gasteiger partial charge in [0.2, 0.25) is 0 Å². The smallest absolute Gasteiger partial charge is 0.293 e. The molecule has 0 fully saturated rings. The van der Waals surface area contributed by atoms with E-state index in [1.807, 2.05) is 37.3 Å². The number of nitrogens with zero attached hydrogens (tertiary/aromatic N) is 5. The Balaban J connectivity index is 1.86. The molecule has 7 heteroatoms. The summed E-state index contributed by atoms with van der Waals surface area (Å²) < 4.78 is 14.8. The minimum Gasteiger partial charge on any atom is -0.293 e. The maximum absolute atomic E-state index is 13.5. The van der Waals surface area contributed by atoms with Crippen LogP contribution < -0.4 is 4.90 Å². The minimum absolute atomic E-state index is 0.324. The zero-order valence-corrected chi connectivity index (χ0v) is 16.4. The topological polar surface area (TPSA) is 63.9 Å². The Kier molecular flexibility index (Phi) is 5.61. The van der Waals surface area contributed by atoms with E-state index in [9.17, 15) is 9.18 Å². The fourth-order valence-corrected chi connectivity index (χ4v) is 3.27. The Bertz CT molecular complexity index is 1130. The zero-order valence-electron chi connectivity index (χ0n) is 16.4. The van der Waals surface area contributed by atoms with Crippen molar-refractivity contribution in [3.8, 4) is 22.5 Å². The maximum Gasteiger partial charge on any atom is 0.351 e. The van der Waals surface area contributed by atoms with Gasteiger partial charge in [-0.3, -0.25) is 9.88 Å². The predicted octanol–water partition coefficient (Wildman–Crippen LogP) is 5.03. The normalized spacial score (nSPS) is 10.7. The Morgan fingerprint density at radius 3 is 2.33 bits per heavy atom. The molecule has 0 aliphatic heterocycles. The van der Waals surface area contributed by atoms with Crippen LogP contribution in [0.4, 0.5) is 14.9 Å². The molecule has 0 atom stereocenters. The molecule has 4 aromatic rings. The molecule has 0 aliphatic carbocycles. The van der Waals surface area contributed by atoms with Crippen LogP contribution in [0.1, 0.15) is 13.3 Å². The summed E-state index contributed by atoms with van der Waals surface area (Å²) >= 11 is 0. The SMILES string of the molecule is CCCN(C(=O)n1nnc(-c2ccncc2)c1-c1ccc(F)cc1)c1ccccc1. The molecule has 2 aromatic heterocycles. The first kappa shape index (κ1) is 19.4. The van der Waals surface area contributed by atoms with Crippen molar-refractivity contribution in [3.05, 3.63) is 84.9 Å². The van der Waals surface area contributed by atoms with E-state index >= 15 is 0 Å². The molecule has 0 saturated carbocycles. The summed E-state index contributed by atoms with van der Waals surface area (Å²) in [5.41, 5.74) is 3.22. The van der Waals surface area contributed by atoms with Gasteiger partial charge >= 0.3 is 6.03 Å². The molecular weight excluding hydrogens is 381 g/mol. The number of amides is 1. The van der Waals surface area contributed by atoms with Gasteiger partial charge in [0.05, 0.1) is 0 Å². The molecule has 2 heterocycles. The summed E-state index contributed by atoms with van der Waals surface area (Å²) in [7, 11) is 0. The van der Waals surface area contributed by atoms with E-state index in [1.165, 1.54) is 16.8 Å². The molecule has 0 bridgehead atoms. The first-order valence-electron chi connectivity index (χ1n) is 9.68. The third-order valence-electron chi connectivity index (χ3n) is 4.67. The third kappa shape index (κ3) is 3.82. The number of halogens is 1. The Morgan fingerprint density at radius 2 is 1.67 bits per heavy atom. The van der Waals surface area contributed by atoms with Crippen molar-refractivity contribution >= 4 is 11.7 Å². The second-order valence-electron chi connectivity index (χ2n) is 6.71. The maximum atomic E-state index is 13.5. The van der Waals surface area contributed by atoms with E-state index < -0.39 is 0 Å². The number of rotatable bonds is 5. The number of anilines is 1. The number of hydrogen-bond donors (Lipinski definition) is 0. The zero-order chi connectivity index (χ0) is 20.9. The first-order chi connectivity index (χ1) is 14.7. The molecule has 0 unspecified atom stereocenters. The number of pyridine rings is 1. The summed E-state index contributed by atoms with van der Waals surface area (Å²) in [5, 5.41) is 8.47. The second kappa shape index (κ2) is 8.65. The van der Waals surface area contributed by atoms with Crippen molar-refractivity contribution in [2.45, 2.75) is 13.3 Å². The van der Waals surface area contributed by atoms with Crippen LogP contribution in [0.5, 0.6) is 0 Å². The molecule has 4 rings (SSSR count). The average Bonchev–Trinajstić information content (AvgIpc) is 3.24. The lowest BCUT2D eigenvalue weighted by Crippen LogP contribution is -2.36. The quantitative estimate of drug-likeness (QED) is 0.470. The number of hydrogen-bond acceptors (Lipinski definition) is 4. The second-order valence-corrected chi connectivity index (χ2v) is 6.71. The monoisotopic (exact) mass is 401 g/mol. The number of benzene rings is 2. The lowest BCUT2D eigenvalue weighted by Gasteiger charge is -2.22. The largest absolute Gasteiger partial charge is 0.351 e. The van der Waals surface area contributed by atoms with Crippen LogP contribution in [0.25, 0.3) is 22.5 Å². The molecule has 150 valence electrons. The molecule has 0 N–H and O–H groups in total. The summed E-state index contributed by atoms with van der Waals surface area (Å²) in [6, 6.07) is 18.7. The van der Waals surface area contributed by atoms with Gasteiger partial charge in [-0.2, -0.15) is 4.68 Å². The van der Waals surface area contributed by atoms with Crippen molar-refractivity contribution in [3.63, 3.8) is 0 Å². The van der Waals surface area contributed by atoms with Gasteiger partial charge in [-0.1, -0.05) is 30.3 Å². The molecule has 2 aromatic carbocycles. The van der Waals surface area contributed by atoms with Crippen molar-refractivity contribution in [2.75, 3.05) is 11.4 Å². The highest BCUT2D eigenvalue weighted by molar-refractivity contribution is 5.97. The fourth-order valence-electron chi connectivity index (χ4n) is 3.27. The van der Waals surface area contributed by atoms with Gasteiger partial charge in [-0.05, 0) is 55.0 Å². The van der Waals surface area contributed by atoms with Crippen LogP contribution in [0, 0.1) is 5.82 Å². The molecule has 30 heavy (non-hydrogen) atoms. The van der Waals surface area contributed by atoms with Crippen molar-refractivity contribution in [2.24, 2.45) is 0 Å². The summed E-state index contributed by atoms with van der Waals surface area (Å²) in [5.74, 6) is -0.355. The molecule has 6 nitrogen and oxygen atoms in total. The highest BCUT2D eigenvalue weighted by Gasteiger charge is 2.25. The highest BCUT2D eigenvalue weighted by Crippen LogP contribution is 2.31. The predicted molar refractivity (Wildman–Crippen MR) is 114 cm³/mol. The molecule has 1 amide bonds. The van der Waals surface area contributed by atoms with Gasteiger partial charge in [0.1, 0.15) is 17.2 Å². The van der Waals surface area contributed by atoms with E-state index in [-0.39, 0.29) is 11.8 Å². The van der Waals surface area contributed by atoms with Gasteiger partial charge in [0, 0.05) is 35.8 Å². The third-order valence-corrected chi connectivity index (χ3v) is 4.67. The number of carbonyl (C=O) groups is 1. The van der Waals surface area contributed by atoms with Crippen LogP contribution in [0.3, 0.4) is 0 Å². The highest BCUT2D eigenvalue weighted by atomic mass is 19.1. The number of carbonyl (C=O) groups excluding carboxylic acids is 1. The van der Waals surface area contributed by atoms with Crippen LogP contribution in [0.15, 0.2) is 79.1 Å². The summed E-state index contributed by atoms with van der Waals surface area (Å²) in [6.07, 6.45) is 4.08. The van der Waals surface area contributed by atoms with Gasteiger partial charge < -0.3 is 0 Å². The van der Waals surface area contributed by atoms with E-state index in [0.717, 1.165) is 17.7 Å². The van der Waals surface area contributed by atoms with Gasteiger partial charge in [0.25, 0.3) is 0 Å². The minimum atomic E-state index is -0.355. The fraction of sp³-hybridized carbons (Fsp3) is 0.130. The molecular formula is C23H20FN5O. The van der Waals surface area contributed by atoms with E-state index in [4.69, 9.17) is 0 Å². The standard InChI is InChI=1S/C23H20FN5O/c1-2-16-28(20-6-4-3-5-7-20)23(30)29-22(18-8-10-19(24)11-9-18)21(26-27-29)17-12-14-25-15-13-17/h3-15H,2,16H2,1H3. The van der Waals surface area contributed by atoms with Crippen LogP contribution in [-0.2, 0) is 0 Å². The Morgan fingerprint density at radius 1 is 0.967 bits per heavy atom. The average molecular weight is 401 g/mol. The van der Waals surface area contributed by atoms with Crippen molar-refractivity contribution in [1.29, 1.82) is 0 Å². The molecule has 0 aliphatic rings. The van der Waals surface area contributed by atoms with Crippen molar-refractivity contribution in [1.82, 2.24) is 20.0 Å². The summed E-state index contributed by atoms with van der Waals surface area (Å²) in [4.78, 5) is 19.2. The Hall–Kier alpha value is -3.87. The van der Waals surface area contributed by atoms with Gasteiger partial charge in [-0.25, -0.2) is 9.18 Å². The van der Waals surface area contributed by atoms with Crippen LogP contribution in [0.2, 0.25) is 0 Å². The van der Waals surface area contributed by atoms with E-state index in [0.29, 0.717) is 23.5 Å². The molecule has 0 radical (unpaired) electrons. The lowest BCUT2D eigenvalue weighted by atomic mass is 10.1. The number of para-hydroxylation sites is 1. The number of aromatic nitrogens is 4.